The van der Waals surface area contributed by atoms with Crippen molar-refractivity contribution in [2.75, 3.05) is 18.0 Å². The molecule has 3 heterocycles. The maximum atomic E-state index is 14.2. The van der Waals surface area contributed by atoms with Gasteiger partial charge in [-0.05, 0) is 18.9 Å². The minimum Gasteiger partial charge on any atom is -0.352 e. The molecule has 1 fully saturated rings. The van der Waals surface area contributed by atoms with Crippen LogP contribution in [0.1, 0.15) is 18.4 Å². The Morgan fingerprint density at radius 3 is 2.56 bits per heavy atom. The number of hydrogen-bond donors (Lipinski definition) is 1. The van der Waals surface area contributed by atoms with Crippen LogP contribution in [0.4, 0.5) is 23.5 Å². The van der Waals surface area contributed by atoms with Gasteiger partial charge in [-0.3, -0.25) is 4.79 Å². The molecular weight excluding hydrogens is 430 g/mol. The molecule has 2 aromatic heterocycles. The number of benzene rings is 1. The van der Waals surface area contributed by atoms with E-state index in [-0.39, 0.29) is 35.5 Å². The van der Waals surface area contributed by atoms with Crippen LogP contribution < -0.4 is 10.2 Å². The Morgan fingerprint density at radius 2 is 1.88 bits per heavy atom. The lowest BCUT2D eigenvalue weighted by Crippen LogP contribution is -2.41. The van der Waals surface area contributed by atoms with Gasteiger partial charge in [-0.1, -0.05) is 0 Å². The van der Waals surface area contributed by atoms with E-state index in [2.05, 4.69) is 25.4 Å². The number of hydrogen-bond acceptors (Lipinski definition) is 6. The molecule has 0 unspecified atom stereocenters. The van der Waals surface area contributed by atoms with Gasteiger partial charge in [-0.15, -0.1) is 0 Å². The van der Waals surface area contributed by atoms with Gasteiger partial charge in [-0.25, -0.2) is 37.2 Å². The monoisotopic (exact) mass is 449 g/mol. The van der Waals surface area contributed by atoms with Crippen LogP contribution in [0.5, 0.6) is 0 Å². The number of aryl methyl sites for hydroxylation is 1. The Labute approximate surface area is 180 Å². The molecule has 1 amide bonds. The molecular formula is C20H19F4N7O. The molecule has 32 heavy (non-hydrogen) atoms. The van der Waals surface area contributed by atoms with Crippen LogP contribution in [-0.4, -0.2) is 43.7 Å². The summed E-state index contributed by atoms with van der Waals surface area (Å²) >= 11 is 0. The largest absolute Gasteiger partial charge is 0.352 e. The highest BCUT2D eigenvalue weighted by Gasteiger charge is 2.27. The second-order valence-corrected chi connectivity index (χ2v) is 7.41. The standard InChI is InChI=1S/C20H19F4N7O/c1-30-18(27-10-28-30)17-15(23)9-26-20(29-17)31-4-2-11(3-5-31)19(32)25-8-12-6-13(21)7-14(22)16(12)24/h6-7,9-11H,2-5,8H2,1H3,(H,25,32). The molecule has 3 aromatic rings. The predicted molar refractivity (Wildman–Crippen MR) is 105 cm³/mol. The van der Waals surface area contributed by atoms with E-state index in [0.29, 0.717) is 37.9 Å². The minimum atomic E-state index is -1.30. The summed E-state index contributed by atoms with van der Waals surface area (Å²) < 4.78 is 56.0. The molecule has 1 aliphatic rings. The summed E-state index contributed by atoms with van der Waals surface area (Å²) in [5.74, 6) is -4.17. The molecule has 1 N–H and O–H groups in total. The SMILES string of the molecule is Cn1ncnc1-c1nc(N2CCC(C(=O)NCc3cc(F)cc(F)c3F)CC2)ncc1F. The third kappa shape index (κ3) is 4.39. The molecule has 0 saturated carbocycles. The molecule has 4 rings (SSSR count). The van der Waals surface area contributed by atoms with Crippen molar-refractivity contribution in [3.63, 3.8) is 0 Å². The summed E-state index contributed by atoms with van der Waals surface area (Å²) in [6.07, 6.45) is 3.26. The van der Waals surface area contributed by atoms with Gasteiger partial charge in [0.2, 0.25) is 11.9 Å². The summed E-state index contributed by atoms with van der Waals surface area (Å²) in [5.41, 5.74) is -0.233. The van der Waals surface area contributed by atoms with E-state index < -0.39 is 23.3 Å². The van der Waals surface area contributed by atoms with Crippen LogP contribution in [0.3, 0.4) is 0 Å². The average Bonchev–Trinajstić information content (AvgIpc) is 3.21. The highest BCUT2D eigenvalue weighted by Crippen LogP contribution is 2.24. The van der Waals surface area contributed by atoms with Crippen molar-refractivity contribution in [1.29, 1.82) is 0 Å². The van der Waals surface area contributed by atoms with Gasteiger partial charge < -0.3 is 10.2 Å². The number of amides is 1. The maximum absolute atomic E-state index is 14.2. The van der Waals surface area contributed by atoms with E-state index in [0.717, 1.165) is 12.3 Å². The van der Waals surface area contributed by atoms with E-state index in [4.69, 9.17) is 0 Å². The lowest BCUT2D eigenvalue weighted by Gasteiger charge is -2.31. The number of carbonyl (C=O) groups excluding carboxylic acids is 1. The van der Waals surface area contributed by atoms with E-state index >= 15 is 0 Å². The van der Waals surface area contributed by atoms with Crippen molar-refractivity contribution in [1.82, 2.24) is 30.0 Å². The van der Waals surface area contributed by atoms with E-state index in [9.17, 15) is 22.4 Å². The average molecular weight is 449 g/mol. The van der Waals surface area contributed by atoms with Crippen molar-refractivity contribution < 1.29 is 22.4 Å². The number of carbonyl (C=O) groups is 1. The predicted octanol–water partition coefficient (Wildman–Crippen LogP) is 2.36. The number of nitrogens with zero attached hydrogens (tertiary/aromatic N) is 6. The van der Waals surface area contributed by atoms with Gasteiger partial charge in [0.05, 0.1) is 6.20 Å². The summed E-state index contributed by atoms with van der Waals surface area (Å²) in [5, 5.41) is 6.45. The highest BCUT2D eigenvalue weighted by atomic mass is 19.2. The molecule has 0 spiro atoms. The first-order chi connectivity index (χ1) is 15.3. The minimum absolute atomic E-state index is 0.0271. The van der Waals surface area contributed by atoms with Gasteiger partial charge >= 0.3 is 0 Å². The number of piperidine rings is 1. The van der Waals surface area contributed by atoms with Crippen LogP contribution >= 0.6 is 0 Å². The Hall–Kier alpha value is -3.57. The summed E-state index contributed by atoms with van der Waals surface area (Å²) in [6, 6.07) is 1.30. The normalized spacial score (nSPS) is 14.6. The Kier molecular flexibility index (Phi) is 6.01. The fourth-order valence-electron chi connectivity index (χ4n) is 3.58. The Morgan fingerprint density at radius 1 is 1.12 bits per heavy atom. The third-order valence-electron chi connectivity index (χ3n) is 5.32. The van der Waals surface area contributed by atoms with Crippen molar-refractivity contribution in [3.8, 4) is 11.5 Å². The number of anilines is 1. The Balaban J connectivity index is 1.37. The number of rotatable bonds is 5. The van der Waals surface area contributed by atoms with Gasteiger partial charge in [0.25, 0.3) is 0 Å². The second kappa shape index (κ2) is 8.89. The lowest BCUT2D eigenvalue weighted by atomic mass is 9.96. The van der Waals surface area contributed by atoms with Gasteiger partial charge in [0.1, 0.15) is 17.8 Å². The van der Waals surface area contributed by atoms with Crippen molar-refractivity contribution >= 4 is 11.9 Å². The summed E-state index contributed by atoms with van der Waals surface area (Å²) in [6.45, 7) is 0.553. The number of nitrogens with one attached hydrogen (secondary N) is 1. The smallest absolute Gasteiger partial charge is 0.226 e. The second-order valence-electron chi connectivity index (χ2n) is 7.41. The fourth-order valence-corrected chi connectivity index (χ4v) is 3.58. The summed E-state index contributed by atoms with van der Waals surface area (Å²) in [7, 11) is 1.62. The molecule has 8 nitrogen and oxygen atoms in total. The zero-order valence-corrected chi connectivity index (χ0v) is 17.0. The lowest BCUT2D eigenvalue weighted by molar-refractivity contribution is -0.125. The molecule has 12 heteroatoms. The summed E-state index contributed by atoms with van der Waals surface area (Å²) in [4.78, 5) is 26.6. The molecule has 0 aliphatic carbocycles. The van der Waals surface area contributed by atoms with Gasteiger partial charge in [0.15, 0.2) is 23.3 Å². The molecule has 0 bridgehead atoms. The number of aromatic nitrogens is 5. The zero-order chi connectivity index (χ0) is 22.8. The molecule has 1 aliphatic heterocycles. The molecule has 1 aromatic carbocycles. The van der Waals surface area contributed by atoms with E-state index in [1.807, 2.05) is 4.90 Å². The topological polar surface area (TPSA) is 88.8 Å². The van der Waals surface area contributed by atoms with Crippen molar-refractivity contribution in [3.05, 3.63) is 53.5 Å². The zero-order valence-electron chi connectivity index (χ0n) is 17.0. The first kappa shape index (κ1) is 21.7. The van der Waals surface area contributed by atoms with Crippen molar-refractivity contribution in [2.24, 2.45) is 13.0 Å². The highest BCUT2D eigenvalue weighted by molar-refractivity contribution is 5.79. The molecule has 1 saturated heterocycles. The van der Waals surface area contributed by atoms with Crippen LogP contribution in [0.15, 0.2) is 24.7 Å². The van der Waals surface area contributed by atoms with E-state index in [1.54, 1.807) is 7.05 Å². The van der Waals surface area contributed by atoms with Crippen LogP contribution in [0.2, 0.25) is 0 Å². The van der Waals surface area contributed by atoms with E-state index in [1.165, 1.54) is 11.0 Å². The quantitative estimate of drug-likeness (QED) is 0.475. The first-order valence-electron chi connectivity index (χ1n) is 9.86. The van der Waals surface area contributed by atoms with Crippen LogP contribution in [0.25, 0.3) is 11.5 Å². The van der Waals surface area contributed by atoms with Crippen molar-refractivity contribution in [2.45, 2.75) is 19.4 Å². The molecule has 0 atom stereocenters. The fraction of sp³-hybridized carbons (Fsp3) is 0.350. The molecule has 0 radical (unpaired) electrons. The first-order valence-corrected chi connectivity index (χ1v) is 9.86. The molecule has 168 valence electrons. The van der Waals surface area contributed by atoms with Crippen LogP contribution in [-0.2, 0) is 18.4 Å². The Bertz CT molecular complexity index is 1140. The van der Waals surface area contributed by atoms with Gasteiger partial charge in [-0.2, -0.15) is 5.10 Å². The van der Waals surface area contributed by atoms with Gasteiger partial charge in [0, 0.05) is 44.2 Å². The third-order valence-corrected chi connectivity index (χ3v) is 5.32. The maximum Gasteiger partial charge on any atom is 0.226 e. The number of halogens is 4. The van der Waals surface area contributed by atoms with Crippen LogP contribution in [0, 0.1) is 29.2 Å².